The molecule has 0 saturated carbocycles. The van der Waals surface area contributed by atoms with Crippen molar-refractivity contribution in [2.45, 2.75) is 13.1 Å². The van der Waals surface area contributed by atoms with Crippen LogP contribution in [0.2, 0.25) is 5.02 Å². The van der Waals surface area contributed by atoms with E-state index in [0.29, 0.717) is 29.7 Å². The van der Waals surface area contributed by atoms with Crippen LogP contribution in [0.15, 0.2) is 85.2 Å². The molecule has 2 aromatic carbocycles. The number of nitrogens with two attached hydrogens (primary N) is 1. The van der Waals surface area contributed by atoms with Gasteiger partial charge in [-0.3, -0.25) is 4.79 Å². The first-order valence-corrected chi connectivity index (χ1v) is 12.0. The van der Waals surface area contributed by atoms with Gasteiger partial charge < -0.3 is 20.9 Å². The molecule has 0 radical (unpaired) electrons. The number of aryl methyl sites for hydroxylation is 1. The third kappa shape index (κ3) is 5.46. The molecular weight excluding hydrogens is 488 g/mol. The summed E-state index contributed by atoms with van der Waals surface area (Å²) >= 11 is 6.52. The highest BCUT2D eigenvalue weighted by Gasteiger charge is 2.16. The number of rotatable bonds is 8. The van der Waals surface area contributed by atoms with Crippen molar-refractivity contribution in [2.75, 3.05) is 11.1 Å². The van der Waals surface area contributed by atoms with Crippen LogP contribution < -0.4 is 16.4 Å². The molecule has 5 rings (SSSR count). The van der Waals surface area contributed by atoms with Crippen molar-refractivity contribution in [3.8, 4) is 16.9 Å². The van der Waals surface area contributed by atoms with Gasteiger partial charge in [0.25, 0.3) is 5.91 Å². The second-order valence-electron chi connectivity index (χ2n) is 8.41. The summed E-state index contributed by atoms with van der Waals surface area (Å²) in [6, 6.07) is 22.6. The summed E-state index contributed by atoms with van der Waals surface area (Å²) in [7, 11) is 1.88. The Morgan fingerprint density at radius 1 is 1.03 bits per heavy atom. The first-order chi connectivity index (χ1) is 18.0. The lowest BCUT2D eigenvalue weighted by Crippen LogP contribution is -2.24. The number of anilines is 2. The van der Waals surface area contributed by atoms with Crippen molar-refractivity contribution in [1.29, 1.82) is 0 Å². The summed E-state index contributed by atoms with van der Waals surface area (Å²) < 4.78 is 3.56. The summed E-state index contributed by atoms with van der Waals surface area (Å²) in [6.07, 6.45) is 3.52. The lowest BCUT2D eigenvalue weighted by atomic mass is 10.1. The number of aromatic nitrogens is 5. The van der Waals surface area contributed by atoms with Gasteiger partial charge in [-0.2, -0.15) is 5.10 Å². The minimum absolute atomic E-state index is 0.282. The number of hydrogen-bond donors (Lipinski definition) is 3. The molecule has 186 valence electrons. The highest BCUT2D eigenvalue weighted by atomic mass is 35.5. The zero-order chi connectivity index (χ0) is 25.8. The molecule has 0 fully saturated rings. The first kappa shape index (κ1) is 24.1. The number of halogens is 1. The quantitative estimate of drug-likeness (QED) is 0.283. The molecule has 1 amide bonds. The summed E-state index contributed by atoms with van der Waals surface area (Å²) in [6.45, 7) is 0.700. The molecule has 37 heavy (non-hydrogen) atoms. The van der Waals surface area contributed by atoms with Gasteiger partial charge in [0.2, 0.25) is 0 Å². The van der Waals surface area contributed by atoms with E-state index < -0.39 is 0 Å². The van der Waals surface area contributed by atoms with E-state index in [0.717, 1.165) is 28.3 Å². The highest BCUT2D eigenvalue weighted by Crippen LogP contribution is 2.26. The SMILES string of the molecule is Cn1ccnc1CNC(=O)c1cc(NCc2cc(-c3cccc(N)n3)ccc2Cl)n(-c2ccccc2)n1. The Hall–Kier alpha value is -4.63. The van der Waals surface area contributed by atoms with Gasteiger partial charge in [-0.1, -0.05) is 41.9 Å². The van der Waals surface area contributed by atoms with E-state index in [4.69, 9.17) is 17.3 Å². The fourth-order valence-electron chi connectivity index (χ4n) is 3.87. The molecule has 0 unspecified atom stereocenters. The van der Waals surface area contributed by atoms with Crippen LogP contribution in [-0.2, 0) is 20.1 Å². The van der Waals surface area contributed by atoms with Crippen LogP contribution >= 0.6 is 11.6 Å². The maximum absolute atomic E-state index is 12.9. The Morgan fingerprint density at radius 3 is 2.62 bits per heavy atom. The normalized spacial score (nSPS) is 10.9. The molecule has 0 saturated heterocycles. The number of benzene rings is 2. The van der Waals surface area contributed by atoms with Crippen LogP contribution in [0.3, 0.4) is 0 Å². The summed E-state index contributed by atoms with van der Waals surface area (Å²) in [5.74, 6) is 1.55. The molecule has 0 aliphatic heterocycles. The molecule has 0 atom stereocenters. The summed E-state index contributed by atoms with van der Waals surface area (Å²) in [5.41, 5.74) is 9.49. The molecule has 5 aromatic rings. The lowest BCUT2D eigenvalue weighted by Gasteiger charge is -2.12. The van der Waals surface area contributed by atoms with Crippen LogP contribution in [0.5, 0.6) is 0 Å². The maximum Gasteiger partial charge on any atom is 0.272 e. The van der Waals surface area contributed by atoms with Gasteiger partial charge in [0.15, 0.2) is 5.69 Å². The van der Waals surface area contributed by atoms with Gasteiger partial charge in [0.1, 0.15) is 17.5 Å². The number of para-hydroxylation sites is 1. The molecular formula is C27H25ClN8O. The fraction of sp³-hybridized carbons (Fsp3) is 0.111. The lowest BCUT2D eigenvalue weighted by molar-refractivity contribution is 0.0944. The molecule has 0 spiro atoms. The van der Waals surface area contributed by atoms with E-state index in [1.807, 2.05) is 78.5 Å². The molecule has 3 aromatic heterocycles. The van der Waals surface area contributed by atoms with Crippen molar-refractivity contribution < 1.29 is 4.79 Å². The van der Waals surface area contributed by atoms with Crippen LogP contribution in [0.4, 0.5) is 11.6 Å². The molecule has 0 aliphatic carbocycles. The number of nitrogens with one attached hydrogen (secondary N) is 2. The number of nitrogen functional groups attached to an aromatic ring is 1. The average Bonchev–Trinajstić information content (AvgIpc) is 3.53. The number of amides is 1. The number of pyridine rings is 1. The van der Waals surface area contributed by atoms with E-state index in [9.17, 15) is 4.79 Å². The van der Waals surface area contributed by atoms with Crippen molar-refractivity contribution in [3.63, 3.8) is 0 Å². The summed E-state index contributed by atoms with van der Waals surface area (Å²) in [5, 5.41) is 11.5. The van der Waals surface area contributed by atoms with Crippen LogP contribution in [-0.4, -0.2) is 30.2 Å². The summed E-state index contributed by atoms with van der Waals surface area (Å²) in [4.78, 5) is 21.6. The number of carbonyl (C=O) groups excluding carboxylic acids is 1. The Balaban J connectivity index is 1.39. The first-order valence-electron chi connectivity index (χ1n) is 11.6. The number of hydrogen-bond acceptors (Lipinski definition) is 6. The van der Waals surface area contributed by atoms with Crippen molar-refractivity contribution >= 4 is 29.1 Å². The standard InChI is InChI=1S/C27H25ClN8O/c1-35-13-12-30-26(35)17-32-27(37)23-15-25(36(34-23)20-6-3-2-4-7-20)31-16-19-14-18(10-11-21(19)28)22-8-5-9-24(29)33-22/h2-15,31H,16-17H2,1H3,(H2,29,33)(H,32,37). The highest BCUT2D eigenvalue weighted by molar-refractivity contribution is 6.31. The van der Waals surface area contributed by atoms with Gasteiger partial charge in [0, 0.05) is 42.6 Å². The van der Waals surface area contributed by atoms with Gasteiger partial charge in [0.05, 0.1) is 17.9 Å². The van der Waals surface area contributed by atoms with Gasteiger partial charge in [-0.05, 0) is 42.0 Å². The molecule has 4 N–H and O–H groups in total. The Labute approximate surface area is 218 Å². The smallest absolute Gasteiger partial charge is 0.272 e. The monoisotopic (exact) mass is 512 g/mol. The second-order valence-corrected chi connectivity index (χ2v) is 8.81. The number of imidazole rings is 1. The molecule has 10 heteroatoms. The third-order valence-electron chi connectivity index (χ3n) is 5.84. The largest absolute Gasteiger partial charge is 0.384 e. The van der Waals surface area contributed by atoms with Crippen molar-refractivity contribution in [2.24, 2.45) is 7.05 Å². The second kappa shape index (κ2) is 10.5. The van der Waals surface area contributed by atoms with Gasteiger partial charge in [-0.25, -0.2) is 14.6 Å². The van der Waals surface area contributed by atoms with Gasteiger partial charge >= 0.3 is 0 Å². The average molecular weight is 513 g/mol. The Morgan fingerprint density at radius 2 is 1.86 bits per heavy atom. The van der Waals surface area contributed by atoms with Gasteiger partial charge in [-0.15, -0.1) is 0 Å². The minimum Gasteiger partial charge on any atom is -0.384 e. The maximum atomic E-state index is 12.9. The Bertz CT molecular complexity index is 1540. The van der Waals surface area contributed by atoms with E-state index in [1.165, 1.54) is 0 Å². The van der Waals surface area contributed by atoms with Crippen LogP contribution in [0, 0.1) is 0 Å². The molecule has 0 aliphatic rings. The van der Waals surface area contributed by atoms with Crippen molar-refractivity contribution in [3.05, 3.63) is 107 Å². The van der Waals surface area contributed by atoms with E-state index in [-0.39, 0.29) is 11.6 Å². The number of carbonyl (C=O) groups is 1. The Kier molecular flexibility index (Phi) is 6.87. The predicted octanol–water partition coefficient (Wildman–Crippen LogP) is 4.45. The van der Waals surface area contributed by atoms with Crippen LogP contribution in [0.1, 0.15) is 21.9 Å². The molecule has 9 nitrogen and oxygen atoms in total. The zero-order valence-electron chi connectivity index (χ0n) is 20.1. The van der Waals surface area contributed by atoms with E-state index >= 15 is 0 Å². The number of nitrogens with zero attached hydrogens (tertiary/aromatic N) is 5. The fourth-order valence-corrected chi connectivity index (χ4v) is 4.05. The minimum atomic E-state index is -0.298. The van der Waals surface area contributed by atoms with E-state index in [1.54, 1.807) is 23.0 Å². The predicted molar refractivity (Wildman–Crippen MR) is 144 cm³/mol. The van der Waals surface area contributed by atoms with E-state index in [2.05, 4.69) is 25.7 Å². The van der Waals surface area contributed by atoms with Crippen LogP contribution in [0.25, 0.3) is 16.9 Å². The zero-order valence-corrected chi connectivity index (χ0v) is 20.9. The third-order valence-corrected chi connectivity index (χ3v) is 6.21. The molecule has 3 heterocycles. The topological polar surface area (TPSA) is 116 Å². The van der Waals surface area contributed by atoms with Crippen molar-refractivity contribution in [1.82, 2.24) is 29.6 Å². The molecule has 0 bridgehead atoms.